The van der Waals surface area contributed by atoms with E-state index in [1.54, 1.807) is 12.3 Å². The van der Waals surface area contributed by atoms with Gasteiger partial charge in [-0.25, -0.2) is 9.97 Å². The summed E-state index contributed by atoms with van der Waals surface area (Å²) in [7, 11) is 0. The zero-order chi connectivity index (χ0) is 14.7. The van der Waals surface area contributed by atoms with Gasteiger partial charge in [0, 0.05) is 12.2 Å². The van der Waals surface area contributed by atoms with E-state index in [1.807, 2.05) is 37.3 Å². The van der Waals surface area contributed by atoms with Crippen LogP contribution in [0.1, 0.15) is 41.9 Å². The summed E-state index contributed by atoms with van der Waals surface area (Å²) in [6.45, 7) is 2.04. The summed E-state index contributed by atoms with van der Waals surface area (Å²) in [6, 6.07) is 12.1. The standard InChI is InChI=1S/C16H18N4O/c1-11(12-5-3-2-4-6-12)18-16-17-10-9-14(20-16)15(21)19-13-7-8-13/h2-6,9-11,13H,7-8H2,1H3,(H,19,21)(H,17,18,20). The number of hydrogen-bond donors (Lipinski definition) is 2. The van der Waals surface area contributed by atoms with Crippen molar-refractivity contribution in [3.63, 3.8) is 0 Å². The van der Waals surface area contributed by atoms with Crippen molar-refractivity contribution in [1.82, 2.24) is 15.3 Å². The van der Waals surface area contributed by atoms with Crippen LogP contribution in [-0.4, -0.2) is 21.9 Å². The molecular formula is C16H18N4O. The van der Waals surface area contributed by atoms with Crippen molar-refractivity contribution < 1.29 is 4.79 Å². The Kier molecular flexibility index (Phi) is 3.81. The maximum Gasteiger partial charge on any atom is 0.270 e. The first-order chi connectivity index (χ1) is 10.2. The van der Waals surface area contributed by atoms with Crippen LogP contribution >= 0.6 is 0 Å². The minimum absolute atomic E-state index is 0.0768. The third-order valence-corrected chi connectivity index (χ3v) is 3.45. The first-order valence-electron chi connectivity index (χ1n) is 7.18. The second kappa shape index (κ2) is 5.91. The zero-order valence-electron chi connectivity index (χ0n) is 11.9. The number of nitrogens with one attached hydrogen (secondary N) is 2. The van der Waals surface area contributed by atoms with Crippen LogP contribution in [0, 0.1) is 0 Å². The van der Waals surface area contributed by atoms with Gasteiger partial charge in [0.05, 0.1) is 6.04 Å². The molecule has 1 aliphatic carbocycles. The Labute approximate surface area is 123 Å². The Hall–Kier alpha value is -2.43. The molecule has 1 fully saturated rings. The minimum Gasteiger partial charge on any atom is -0.348 e. The van der Waals surface area contributed by atoms with Gasteiger partial charge >= 0.3 is 0 Å². The molecule has 1 aromatic heterocycles. The lowest BCUT2D eigenvalue weighted by atomic mass is 10.1. The number of benzene rings is 1. The quantitative estimate of drug-likeness (QED) is 0.884. The maximum absolute atomic E-state index is 12.0. The van der Waals surface area contributed by atoms with E-state index in [0.717, 1.165) is 18.4 Å². The fourth-order valence-corrected chi connectivity index (χ4v) is 2.06. The average Bonchev–Trinajstić information content (AvgIpc) is 3.32. The molecular weight excluding hydrogens is 264 g/mol. The normalized spacial score (nSPS) is 15.3. The molecule has 1 amide bonds. The van der Waals surface area contributed by atoms with Crippen molar-refractivity contribution >= 4 is 11.9 Å². The van der Waals surface area contributed by atoms with Gasteiger partial charge < -0.3 is 10.6 Å². The highest BCUT2D eigenvalue weighted by Crippen LogP contribution is 2.19. The number of carbonyl (C=O) groups is 1. The molecule has 0 saturated heterocycles. The summed E-state index contributed by atoms with van der Waals surface area (Å²) in [5, 5.41) is 6.15. The molecule has 1 aromatic carbocycles. The fraction of sp³-hybridized carbons (Fsp3) is 0.312. The topological polar surface area (TPSA) is 66.9 Å². The summed E-state index contributed by atoms with van der Waals surface area (Å²) < 4.78 is 0. The largest absolute Gasteiger partial charge is 0.348 e. The van der Waals surface area contributed by atoms with Gasteiger partial charge in [0.25, 0.3) is 5.91 Å². The van der Waals surface area contributed by atoms with E-state index in [1.165, 1.54) is 0 Å². The molecule has 1 heterocycles. The lowest BCUT2D eigenvalue weighted by molar-refractivity contribution is 0.0946. The van der Waals surface area contributed by atoms with Gasteiger partial charge in [0.1, 0.15) is 5.69 Å². The molecule has 5 nitrogen and oxygen atoms in total. The number of anilines is 1. The molecule has 0 spiro atoms. The van der Waals surface area contributed by atoms with Gasteiger partial charge in [-0.1, -0.05) is 30.3 Å². The molecule has 0 radical (unpaired) electrons. The van der Waals surface area contributed by atoms with Gasteiger partial charge in [-0.05, 0) is 31.4 Å². The van der Waals surface area contributed by atoms with Crippen molar-refractivity contribution in [2.75, 3.05) is 5.32 Å². The predicted octanol–water partition coefficient (Wildman–Crippen LogP) is 2.54. The highest BCUT2D eigenvalue weighted by molar-refractivity contribution is 5.92. The minimum atomic E-state index is -0.129. The number of hydrogen-bond acceptors (Lipinski definition) is 4. The van der Waals surface area contributed by atoms with Crippen LogP contribution < -0.4 is 10.6 Å². The lowest BCUT2D eigenvalue weighted by Gasteiger charge is -2.14. The molecule has 108 valence electrons. The molecule has 1 saturated carbocycles. The van der Waals surface area contributed by atoms with Crippen LogP contribution in [0.4, 0.5) is 5.95 Å². The van der Waals surface area contributed by atoms with Crippen molar-refractivity contribution in [3.05, 3.63) is 53.9 Å². The summed E-state index contributed by atoms with van der Waals surface area (Å²) >= 11 is 0. The third-order valence-electron chi connectivity index (χ3n) is 3.45. The molecule has 21 heavy (non-hydrogen) atoms. The van der Waals surface area contributed by atoms with E-state index in [0.29, 0.717) is 17.7 Å². The van der Waals surface area contributed by atoms with Crippen LogP contribution in [0.25, 0.3) is 0 Å². The first kappa shape index (κ1) is 13.5. The molecule has 1 atom stereocenters. The second-order valence-corrected chi connectivity index (χ2v) is 5.29. The molecule has 3 rings (SSSR count). The smallest absolute Gasteiger partial charge is 0.270 e. The Balaban J connectivity index is 1.69. The van der Waals surface area contributed by atoms with Crippen molar-refractivity contribution in [1.29, 1.82) is 0 Å². The van der Waals surface area contributed by atoms with E-state index in [9.17, 15) is 4.79 Å². The van der Waals surface area contributed by atoms with E-state index < -0.39 is 0 Å². The second-order valence-electron chi connectivity index (χ2n) is 5.29. The van der Waals surface area contributed by atoms with E-state index >= 15 is 0 Å². The highest BCUT2D eigenvalue weighted by Gasteiger charge is 2.24. The summed E-state index contributed by atoms with van der Waals surface area (Å²) in [6.07, 6.45) is 3.73. The van der Waals surface area contributed by atoms with Crippen molar-refractivity contribution in [3.8, 4) is 0 Å². The SMILES string of the molecule is CC(Nc1nccc(C(=O)NC2CC2)n1)c1ccccc1. The van der Waals surface area contributed by atoms with E-state index in [-0.39, 0.29) is 11.9 Å². The number of rotatable bonds is 5. The zero-order valence-corrected chi connectivity index (χ0v) is 11.9. The Morgan fingerprint density at radius 1 is 1.24 bits per heavy atom. The number of amides is 1. The van der Waals surface area contributed by atoms with Crippen LogP contribution in [-0.2, 0) is 0 Å². The van der Waals surface area contributed by atoms with Gasteiger partial charge in [0.15, 0.2) is 0 Å². The molecule has 0 aliphatic heterocycles. The Morgan fingerprint density at radius 3 is 2.71 bits per heavy atom. The molecule has 2 aromatic rings. The van der Waals surface area contributed by atoms with E-state index in [2.05, 4.69) is 20.6 Å². The summed E-state index contributed by atoms with van der Waals surface area (Å²) in [5.41, 5.74) is 1.55. The van der Waals surface area contributed by atoms with Gasteiger partial charge in [-0.15, -0.1) is 0 Å². The predicted molar refractivity (Wildman–Crippen MR) is 81.0 cm³/mol. The van der Waals surface area contributed by atoms with Crippen LogP contribution in [0.15, 0.2) is 42.6 Å². The monoisotopic (exact) mass is 282 g/mol. The summed E-state index contributed by atoms with van der Waals surface area (Å²) in [5.74, 6) is 0.338. The van der Waals surface area contributed by atoms with Gasteiger partial charge in [0.2, 0.25) is 5.95 Å². The maximum atomic E-state index is 12.0. The van der Waals surface area contributed by atoms with Crippen LogP contribution in [0.5, 0.6) is 0 Å². The number of nitrogens with zero attached hydrogens (tertiary/aromatic N) is 2. The Bertz CT molecular complexity index is 625. The molecule has 0 bridgehead atoms. The molecule has 5 heteroatoms. The van der Waals surface area contributed by atoms with E-state index in [4.69, 9.17) is 0 Å². The Morgan fingerprint density at radius 2 is 2.00 bits per heavy atom. The fourth-order valence-electron chi connectivity index (χ4n) is 2.06. The molecule has 1 aliphatic rings. The first-order valence-corrected chi connectivity index (χ1v) is 7.18. The number of carbonyl (C=O) groups excluding carboxylic acids is 1. The average molecular weight is 282 g/mol. The van der Waals surface area contributed by atoms with Crippen molar-refractivity contribution in [2.45, 2.75) is 31.8 Å². The van der Waals surface area contributed by atoms with Crippen LogP contribution in [0.2, 0.25) is 0 Å². The third kappa shape index (κ3) is 3.56. The van der Waals surface area contributed by atoms with Gasteiger partial charge in [-0.3, -0.25) is 4.79 Å². The number of aromatic nitrogens is 2. The summed E-state index contributed by atoms with van der Waals surface area (Å²) in [4.78, 5) is 20.4. The lowest BCUT2D eigenvalue weighted by Crippen LogP contribution is -2.26. The molecule has 1 unspecified atom stereocenters. The van der Waals surface area contributed by atoms with Crippen LogP contribution in [0.3, 0.4) is 0 Å². The highest BCUT2D eigenvalue weighted by atomic mass is 16.2. The van der Waals surface area contributed by atoms with Crippen molar-refractivity contribution in [2.24, 2.45) is 0 Å². The van der Waals surface area contributed by atoms with Gasteiger partial charge in [-0.2, -0.15) is 0 Å². The molecule has 2 N–H and O–H groups in total.